The second-order valence-electron chi connectivity index (χ2n) is 5.78. The zero-order valence-electron chi connectivity index (χ0n) is 13.7. The summed E-state index contributed by atoms with van der Waals surface area (Å²) in [5.41, 5.74) is 2.43. The number of hydrogen-bond acceptors (Lipinski definition) is 4. The molecule has 128 valence electrons. The molecule has 0 unspecified atom stereocenters. The second-order valence-corrected chi connectivity index (χ2v) is 6.21. The van der Waals surface area contributed by atoms with E-state index in [1.54, 1.807) is 12.3 Å². The zero-order chi connectivity index (χ0) is 17.8. The van der Waals surface area contributed by atoms with Crippen molar-refractivity contribution in [1.82, 2.24) is 9.99 Å². The Labute approximate surface area is 150 Å². The smallest absolute Gasteiger partial charge is 0.273 e. The van der Waals surface area contributed by atoms with E-state index in [4.69, 9.17) is 11.6 Å². The molecule has 2 heterocycles. The first-order chi connectivity index (χ1) is 12.0. The third-order valence-corrected chi connectivity index (χ3v) is 4.07. The molecular weight excluding hydrogens is 340 g/mol. The fourth-order valence-electron chi connectivity index (χ4n) is 2.51. The van der Waals surface area contributed by atoms with Crippen LogP contribution in [0.3, 0.4) is 0 Å². The van der Waals surface area contributed by atoms with Crippen molar-refractivity contribution in [1.29, 1.82) is 0 Å². The van der Waals surface area contributed by atoms with E-state index in [0.717, 1.165) is 11.1 Å². The van der Waals surface area contributed by atoms with Gasteiger partial charge in [-0.2, -0.15) is 5.10 Å². The van der Waals surface area contributed by atoms with Gasteiger partial charge in [-0.15, -0.1) is 0 Å². The monoisotopic (exact) mass is 356 g/mol. The predicted octanol–water partition coefficient (Wildman–Crippen LogP) is 2.87. The number of amides is 2. The zero-order valence-corrected chi connectivity index (χ0v) is 14.5. The first-order valence-corrected chi connectivity index (χ1v) is 8.24. The van der Waals surface area contributed by atoms with E-state index < -0.39 is 0 Å². The summed E-state index contributed by atoms with van der Waals surface area (Å²) in [6, 6.07) is 11.3. The normalized spacial score (nSPS) is 14.2. The van der Waals surface area contributed by atoms with Gasteiger partial charge in [-0.05, 0) is 35.7 Å². The molecule has 1 aliphatic heterocycles. The molecule has 0 saturated heterocycles. The van der Waals surface area contributed by atoms with Gasteiger partial charge < -0.3 is 5.32 Å². The van der Waals surface area contributed by atoms with Crippen molar-refractivity contribution in [3.63, 3.8) is 0 Å². The van der Waals surface area contributed by atoms with Gasteiger partial charge in [0.2, 0.25) is 5.91 Å². The summed E-state index contributed by atoms with van der Waals surface area (Å²) >= 11 is 5.99. The molecule has 25 heavy (non-hydrogen) atoms. The molecule has 0 aliphatic carbocycles. The summed E-state index contributed by atoms with van der Waals surface area (Å²) in [4.78, 5) is 27.9. The highest BCUT2D eigenvalue weighted by atomic mass is 35.5. The quantitative estimate of drug-likeness (QED) is 0.915. The average Bonchev–Trinajstić information content (AvgIpc) is 2.59. The lowest BCUT2D eigenvalue weighted by molar-refractivity contribution is -0.130. The molecule has 1 aromatic carbocycles. The maximum atomic E-state index is 12.2. The van der Waals surface area contributed by atoms with Gasteiger partial charge in [-0.25, -0.2) is 9.99 Å². The first-order valence-electron chi connectivity index (χ1n) is 7.86. The third kappa shape index (κ3) is 4.42. The topological polar surface area (TPSA) is 74.7 Å². The van der Waals surface area contributed by atoms with Crippen LogP contribution in [0, 0.1) is 0 Å². The highest BCUT2D eigenvalue weighted by Gasteiger charge is 2.22. The van der Waals surface area contributed by atoms with E-state index >= 15 is 0 Å². The van der Waals surface area contributed by atoms with Crippen LogP contribution in [0.1, 0.15) is 24.0 Å². The number of anilines is 1. The summed E-state index contributed by atoms with van der Waals surface area (Å²) < 4.78 is 0. The lowest BCUT2D eigenvalue weighted by Crippen LogP contribution is -2.34. The van der Waals surface area contributed by atoms with Crippen molar-refractivity contribution >= 4 is 34.9 Å². The number of aromatic nitrogens is 1. The molecule has 0 spiro atoms. The summed E-state index contributed by atoms with van der Waals surface area (Å²) in [7, 11) is 1.54. The molecule has 0 radical (unpaired) electrons. The fourth-order valence-corrected chi connectivity index (χ4v) is 2.72. The molecule has 0 fully saturated rings. The van der Waals surface area contributed by atoms with Gasteiger partial charge in [-0.1, -0.05) is 29.8 Å². The molecule has 1 aliphatic rings. The van der Waals surface area contributed by atoms with Crippen molar-refractivity contribution in [2.45, 2.75) is 19.3 Å². The Morgan fingerprint density at radius 2 is 2.08 bits per heavy atom. The number of benzene rings is 1. The lowest BCUT2D eigenvalue weighted by atomic mass is 10.1. The highest BCUT2D eigenvalue weighted by Crippen LogP contribution is 2.16. The molecule has 7 heteroatoms. The van der Waals surface area contributed by atoms with Crippen LogP contribution in [0.15, 0.2) is 47.7 Å². The first kappa shape index (κ1) is 17.1. The molecule has 1 aromatic heterocycles. The van der Waals surface area contributed by atoms with E-state index in [-0.39, 0.29) is 18.2 Å². The number of halogens is 1. The van der Waals surface area contributed by atoms with Gasteiger partial charge >= 0.3 is 0 Å². The van der Waals surface area contributed by atoms with Crippen LogP contribution in [0.5, 0.6) is 0 Å². The number of hydrogen-bond donors (Lipinski definition) is 1. The van der Waals surface area contributed by atoms with Crippen LogP contribution in [0.2, 0.25) is 5.02 Å². The lowest BCUT2D eigenvalue weighted by Gasteiger charge is -2.18. The van der Waals surface area contributed by atoms with Crippen LogP contribution in [0.4, 0.5) is 5.82 Å². The average molecular weight is 357 g/mol. The number of carbonyl (C=O) groups excluding carboxylic acids is 2. The van der Waals surface area contributed by atoms with Crippen molar-refractivity contribution < 1.29 is 9.59 Å². The Balaban J connectivity index is 1.63. The molecule has 3 rings (SSSR count). The molecule has 6 nitrogen and oxygen atoms in total. The van der Waals surface area contributed by atoms with Gasteiger partial charge in [0.15, 0.2) is 0 Å². The second kappa shape index (κ2) is 7.44. The predicted molar refractivity (Wildman–Crippen MR) is 96.6 cm³/mol. The minimum atomic E-state index is -0.338. The Kier molecular flexibility index (Phi) is 5.09. The van der Waals surface area contributed by atoms with E-state index in [2.05, 4.69) is 15.4 Å². The van der Waals surface area contributed by atoms with Gasteiger partial charge in [0.1, 0.15) is 11.5 Å². The minimum Gasteiger partial charge on any atom is -0.305 e. The number of rotatable bonds is 4. The van der Waals surface area contributed by atoms with Gasteiger partial charge in [0.25, 0.3) is 5.91 Å². The van der Waals surface area contributed by atoms with Crippen LogP contribution in [0.25, 0.3) is 0 Å². The van der Waals surface area contributed by atoms with Crippen molar-refractivity contribution in [3.8, 4) is 0 Å². The Bertz CT molecular complexity index is 833. The molecular formula is C18H17ClN4O2. The van der Waals surface area contributed by atoms with E-state index in [9.17, 15) is 9.59 Å². The number of carbonyl (C=O) groups is 2. The van der Waals surface area contributed by atoms with E-state index in [0.29, 0.717) is 29.4 Å². The summed E-state index contributed by atoms with van der Waals surface area (Å²) in [6.45, 7) is 0. The summed E-state index contributed by atoms with van der Waals surface area (Å²) in [5, 5.41) is 8.59. The molecule has 0 saturated carbocycles. The Morgan fingerprint density at radius 1 is 1.24 bits per heavy atom. The summed E-state index contributed by atoms with van der Waals surface area (Å²) in [6.07, 6.45) is 3.05. The standard InChI is InChI=1S/C18H17ClN4O2/c1-23-17(24)8-6-15(22-23)18(25)21-16-7-5-13(11-20-16)9-12-3-2-4-14(19)10-12/h2-5,7,10-11H,6,8-9H2,1H3,(H,20,21,25). The number of nitrogens with zero attached hydrogens (tertiary/aromatic N) is 3. The number of pyridine rings is 1. The van der Waals surface area contributed by atoms with Crippen molar-refractivity contribution in [2.24, 2.45) is 5.10 Å². The number of hydrazone groups is 1. The Morgan fingerprint density at radius 3 is 2.76 bits per heavy atom. The van der Waals surface area contributed by atoms with Crippen molar-refractivity contribution in [2.75, 3.05) is 12.4 Å². The third-order valence-electron chi connectivity index (χ3n) is 3.83. The van der Waals surface area contributed by atoms with Crippen LogP contribution < -0.4 is 5.32 Å². The highest BCUT2D eigenvalue weighted by molar-refractivity contribution is 6.43. The summed E-state index contributed by atoms with van der Waals surface area (Å²) in [5.74, 6) is 0.0107. The fraction of sp³-hybridized carbons (Fsp3) is 0.222. The van der Waals surface area contributed by atoms with Crippen LogP contribution in [-0.2, 0) is 16.0 Å². The molecule has 2 amide bonds. The Hall–Kier alpha value is -2.73. The molecule has 0 bridgehead atoms. The van der Waals surface area contributed by atoms with Gasteiger partial charge in [0.05, 0.1) is 0 Å². The molecule has 2 aromatic rings. The minimum absolute atomic E-state index is 0.0972. The van der Waals surface area contributed by atoms with Gasteiger partial charge in [0, 0.05) is 31.1 Å². The largest absolute Gasteiger partial charge is 0.305 e. The SMILES string of the molecule is CN1N=C(C(=O)Nc2ccc(Cc3cccc(Cl)c3)cn2)CCC1=O. The van der Waals surface area contributed by atoms with E-state index in [1.807, 2.05) is 30.3 Å². The number of nitrogens with one attached hydrogen (secondary N) is 1. The van der Waals surface area contributed by atoms with E-state index in [1.165, 1.54) is 12.1 Å². The van der Waals surface area contributed by atoms with Crippen LogP contribution in [-0.4, -0.2) is 34.6 Å². The van der Waals surface area contributed by atoms with Crippen LogP contribution >= 0.6 is 11.6 Å². The molecule has 0 atom stereocenters. The van der Waals surface area contributed by atoms with Crippen molar-refractivity contribution in [3.05, 3.63) is 58.7 Å². The molecule has 1 N–H and O–H groups in total. The maximum Gasteiger partial charge on any atom is 0.273 e. The maximum absolute atomic E-state index is 12.2. The van der Waals surface area contributed by atoms with Gasteiger partial charge in [-0.3, -0.25) is 9.59 Å².